The summed E-state index contributed by atoms with van der Waals surface area (Å²) in [5.74, 6) is 2.30. The summed E-state index contributed by atoms with van der Waals surface area (Å²) >= 11 is 0. The van der Waals surface area contributed by atoms with Crippen LogP contribution in [0.3, 0.4) is 0 Å². The van der Waals surface area contributed by atoms with E-state index in [1.165, 1.54) is 0 Å². The molecule has 0 spiro atoms. The van der Waals surface area contributed by atoms with Crippen molar-refractivity contribution in [2.45, 2.75) is 20.3 Å². The van der Waals surface area contributed by atoms with Crippen LogP contribution in [0.4, 0.5) is 11.6 Å². The summed E-state index contributed by atoms with van der Waals surface area (Å²) in [6.07, 6.45) is 2.51. The maximum Gasteiger partial charge on any atom is 0.131 e. The topological polar surface area (TPSA) is 75.9 Å². The van der Waals surface area contributed by atoms with E-state index in [1.54, 1.807) is 6.33 Å². The average molecular weight is 223 g/mol. The molecule has 0 aliphatic rings. The van der Waals surface area contributed by atoms with E-state index in [4.69, 9.17) is 5.73 Å². The molecule has 1 rings (SSSR count). The predicted octanol–water partition coefficient (Wildman–Crippen LogP) is 1.31. The summed E-state index contributed by atoms with van der Waals surface area (Å²) in [6, 6.07) is 1.92. The van der Waals surface area contributed by atoms with E-state index in [9.17, 15) is 0 Å². The highest BCUT2D eigenvalue weighted by atomic mass is 15.1. The van der Waals surface area contributed by atoms with Gasteiger partial charge in [0.2, 0.25) is 0 Å². The van der Waals surface area contributed by atoms with E-state index < -0.39 is 0 Å². The van der Waals surface area contributed by atoms with Gasteiger partial charge in [0.1, 0.15) is 18.0 Å². The number of hydrogen-bond donors (Lipinski definition) is 3. The van der Waals surface area contributed by atoms with E-state index in [0.717, 1.165) is 31.1 Å². The lowest BCUT2D eigenvalue weighted by atomic mass is 10.2. The van der Waals surface area contributed by atoms with Gasteiger partial charge in [-0.05, 0) is 18.9 Å². The van der Waals surface area contributed by atoms with Gasteiger partial charge in [-0.15, -0.1) is 0 Å². The van der Waals surface area contributed by atoms with Gasteiger partial charge in [0.05, 0.1) is 0 Å². The molecule has 0 saturated carbocycles. The molecule has 0 unspecified atom stereocenters. The molecule has 0 saturated heterocycles. The Morgan fingerprint density at radius 1 is 1.25 bits per heavy atom. The smallest absolute Gasteiger partial charge is 0.131 e. The lowest BCUT2D eigenvalue weighted by Crippen LogP contribution is -2.11. The molecule has 1 heterocycles. The van der Waals surface area contributed by atoms with E-state index in [1.807, 2.05) is 6.07 Å². The van der Waals surface area contributed by atoms with Gasteiger partial charge < -0.3 is 16.4 Å². The van der Waals surface area contributed by atoms with Crippen LogP contribution in [0.5, 0.6) is 0 Å². The molecule has 0 atom stereocenters. The number of hydrogen-bond acceptors (Lipinski definition) is 5. The Balaban J connectivity index is 2.43. The van der Waals surface area contributed by atoms with Crippen LogP contribution in [0.15, 0.2) is 12.4 Å². The summed E-state index contributed by atoms with van der Waals surface area (Å²) in [7, 11) is 0. The number of aromatic nitrogens is 2. The maximum absolute atomic E-state index is 5.42. The number of nitrogens with one attached hydrogen (secondary N) is 2. The Morgan fingerprint density at radius 3 is 2.56 bits per heavy atom. The second-order valence-corrected chi connectivity index (χ2v) is 4.13. The van der Waals surface area contributed by atoms with E-state index in [-0.39, 0.29) is 0 Å². The quantitative estimate of drug-likeness (QED) is 0.608. The fourth-order valence-corrected chi connectivity index (χ4v) is 1.18. The van der Waals surface area contributed by atoms with Crippen LogP contribution in [0.2, 0.25) is 0 Å². The molecule has 0 aromatic carbocycles. The van der Waals surface area contributed by atoms with Gasteiger partial charge in [-0.3, -0.25) is 0 Å². The zero-order valence-corrected chi connectivity index (χ0v) is 10.0. The van der Waals surface area contributed by atoms with Crippen molar-refractivity contribution in [2.24, 2.45) is 11.7 Å². The molecule has 4 N–H and O–H groups in total. The summed E-state index contributed by atoms with van der Waals surface area (Å²) in [5, 5.41) is 6.46. The fraction of sp³-hybridized carbons (Fsp3) is 0.636. The SMILES string of the molecule is CC(C)CNc1cc(NCCCN)ncn1. The predicted molar refractivity (Wildman–Crippen MR) is 67.5 cm³/mol. The van der Waals surface area contributed by atoms with Gasteiger partial charge in [0.25, 0.3) is 0 Å². The molecule has 0 aliphatic heterocycles. The molecule has 0 aliphatic carbocycles. The summed E-state index contributed by atoms with van der Waals surface area (Å²) in [6.45, 7) is 6.77. The van der Waals surface area contributed by atoms with Crippen molar-refractivity contribution < 1.29 is 0 Å². The van der Waals surface area contributed by atoms with Crippen LogP contribution in [0.1, 0.15) is 20.3 Å². The highest BCUT2D eigenvalue weighted by Gasteiger charge is 1.99. The first kappa shape index (κ1) is 12.7. The Morgan fingerprint density at radius 2 is 1.94 bits per heavy atom. The molecule has 5 heteroatoms. The fourth-order valence-electron chi connectivity index (χ4n) is 1.18. The zero-order chi connectivity index (χ0) is 11.8. The first-order valence-electron chi connectivity index (χ1n) is 5.72. The van der Waals surface area contributed by atoms with Crippen LogP contribution in [0.25, 0.3) is 0 Å². The maximum atomic E-state index is 5.42. The van der Waals surface area contributed by atoms with Gasteiger partial charge in [0, 0.05) is 19.2 Å². The lowest BCUT2D eigenvalue weighted by Gasteiger charge is -2.09. The molecule has 0 amide bonds. The summed E-state index contributed by atoms with van der Waals surface area (Å²) < 4.78 is 0. The Bertz CT molecular complexity index is 300. The third-order valence-electron chi connectivity index (χ3n) is 2.05. The second-order valence-electron chi connectivity index (χ2n) is 4.13. The number of anilines is 2. The molecule has 16 heavy (non-hydrogen) atoms. The van der Waals surface area contributed by atoms with E-state index >= 15 is 0 Å². The van der Waals surface area contributed by atoms with Crippen LogP contribution in [-0.2, 0) is 0 Å². The minimum atomic E-state index is 0.601. The normalized spacial score (nSPS) is 10.5. The highest BCUT2D eigenvalue weighted by Crippen LogP contribution is 2.08. The van der Waals surface area contributed by atoms with Crippen molar-refractivity contribution in [2.75, 3.05) is 30.3 Å². The number of rotatable bonds is 7. The van der Waals surface area contributed by atoms with Gasteiger partial charge in [-0.25, -0.2) is 9.97 Å². The standard InChI is InChI=1S/C11H21N5/c1-9(2)7-14-11-6-10(15-8-16-11)13-5-3-4-12/h6,8-9H,3-5,7,12H2,1-2H3,(H2,13,14,15,16). The molecule has 0 radical (unpaired) electrons. The average Bonchev–Trinajstić information content (AvgIpc) is 2.27. The zero-order valence-electron chi connectivity index (χ0n) is 10.0. The molecule has 1 aromatic heterocycles. The third-order valence-corrected chi connectivity index (χ3v) is 2.05. The summed E-state index contributed by atoms with van der Waals surface area (Å²) in [4.78, 5) is 8.29. The van der Waals surface area contributed by atoms with Gasteiger partial charge in [-0.1, -0.05) is 13.8 Å². The van der Waals surface area contributed by atoms with E-state index in [0.29, 0.717) is 12.5 Å². The van der Waals surface area contributed by atoms with Crippen LogP contribution in [-0.4, -0.2) is 29.6 Å². The van der Waals surface area contributed by atoms with Crippen LogP contribution < -0.4 is 16.4 Å². The van der Waals surface area contributed by atoms with Crippen LogP contribution >= 0.6 is 0 Å². The minimum Gasteiger partial charge on any atom is -0.370 e. The molecule has 0 bridgehead atoms. The number of nitrogens with zero attached hydrogens (tertiary/aromatic N) is 2. The first-order valence-corrected chi connectivity index (χ1v) is 5.72. The van der Waals surface area contributed by atoms with Crippen molar-refractivity contribution in [3.05, 3.63) is 12.4 Å². The van der Waals surface area contributed by atoms with Crippen molar-refractivity contribution in [3.63, 3.8) is 0 Å². The van der Waals surface area contributed by atoms with Crippen molar-refractivity contribution in [3.8, 4) is 0 Å². The second kappa shape index (κ2) is 7.00. The van der Waals surface area contributed by atoms with Gasteiger partial charge in [0.15, 0.2) is 0 Å². The molecular formula is C11H21N5. The van der Waals surface area contributed by atoms with Crippen molar-refractivity contribution in [1.82, 2.24) is 9.97 Å². The highest BCUT2D eigenvalue weighted by molar-refractivity contribution is 5.46. The molecule has 90 valence electrons. The lowest BCUT2D eigenvalue weighted by molar-refractivity contribution is 0.687. The molecule has 5 nitrogen and oxygen atoms in total. The van der Waals surface area contributed by atoms with Gasteiger partial charge in [-0.2, -0.15) is 0 Å². The minimum absolute atomic E-state index is 0.601. The number of nitrogens with two attached hydrogens (primary N) is 1. The first-order chi connectivity index (χ1) is 7.72. The van der Waals surface area contributed by atoms with Gasteiger partial charge >= 0.3 is 0 Å². The van der Waals surface area contributed by atoms with E-state index in [2.05, 4.69) is 34.4 Å². The Kier molecular flexibility index (Phi) is 5.56. The molecule has 0 fully saturated rings. The van der Waals surface area contributed by atoms with Crippen LogP contribution in [0, 0.1) is 5.92 Å². The Labute approximate surface area is 96.9 Å². The monoisotopic (exact) mass is 223 g/mol. The molecular weight excluding hydrogens is 202 g/mol. The van der Waals surface area contributed by atoms with Crippen molar-refractivity contribution in [1.29, 1.82) is 0 Å². The molecule has 1 aromatic rings. The summed E-state index contributed by atoms with van der Waals surface area (Å²) in [5.41, 5.74) is 5.42. The van der Waals surface area contributed by atoms with Crippen molar-refractivity contribution >= 4 is 11.6 Å². The third kappa shape index (κ3) is 4.93. The largest absolute Gasteiger partial charge is 0.370 e. The Hall–Kier alpha value is -1.36.